The van der Waals surface area contributed by atoms with Gasteiger partial charge in [0.1, 0.15) is 16.1 Å². The van der Waals surface area contributed by atoms with Crippen molar-refractivity contribution in [1.29, 1.82) is 5.26 Å². The Kier molecular flexibility index (Phi) is 3.40. The van der Waals surface area contributed by atoms with Gasteiger partial charge in [0.05, 0.1) is 10.6 Å². The summed E-state index contributed by atoms with van der Waals surface area (Å²) in [7, 11) is 0. The van der Waals surface area contributed by atoms with Crippen LogP contribution in [0.25, 0.3) is 0 Å². The van der Waals surface area contributed by atoms with Gasteiger partial charge in [0.15, 0.2) is 0 Å². The molecule has 2 aromatic heterocycles. The highest BCUT2D eigenvalue weighted by atomic mass is 35.5. The van der Waals surface area contributed by atoms with Gasteiger partial charge in [0.2, 0.25) is 0 Å². The number of pyridine rings is 2. The van der Waals surface area contributed by atoms with Gasteiger partial charge in [-0.15, -0.1) is 0 Å². The summed E-state index contributed by atoms with van der Waals surface area (Å²) in [4.78, 5) is 8.27. The summed E-state index contributed by atoms with van der Waals surface area (Å²) in [6, 6.07) is 9.06. The van der Waals surface area contributed by atoms with E-state index >= 15 is 0 Å². The summed E-state index contributed by atoms with van der Waals surface area (Å²) in [5, 5.41) is 10.7. The van der Waals surface area contributed by atoms with Crippen molar-refractivity contribution in [3.8, 4) is 6.07 Å². The number of rotatable bonds is 2. The van der Waals surface area contributed by atoms with Gasteiger partial charge >= 0.3 is 0 Å². The average Bonchev–Trinajstić information content (AvgIpc) is 2.33. The minimum Gasteiger partial charge on any atom is -0.248 e. The molecule has 0 fully saturated rings. The van der Waals surface area contributed by atoms with E-state index in [0.29, 0.717) is 15.6 Å². The summed E-state index contributed by atoms with van der Waals surface area (Å²) >= 11 is 7.34. The highest BCUT2D eigenvalue weighted by Crippen LogP contribution is 2.29. The van der Waals surface area contributed by atoms with E-state index in [1.165, 1.54) is 18.0 Å². The second kappa shape index (κ2) is 4.97. The maximum Gasteiger partial charge on any atom is 0.121 e. The molecule has 0 saturated carbocycles. The van der Waals surface area contributed by atoms with Crippen molar-refractivity contribution >= 4 is 23.4 Å². The van der Waals surface area contributed by atoms with Crippen LogP contribution in [0.1, 0.15) is 5.56 Å². The van der Waals surface area contributed by atoms with Crippen LogP contribution in [0.2, 0.25) is 5.02 Å². The lowest BCUT2D eigenvalue weighted by Gasteiger charge is -2.01. The minimum atomic E-state index is 0.538. The van der Waals surface area contributed by atoms with Crippen molar-refractivity contribution in [1.82, 2.24) is 9.97 Å². The fourth-order valence-corrected chi connectivity index (χ4v) is 2.01. The van der Waals surface area contributed by atoms with Crippen molar-refractivity contribution < 1.29 is 0 Å². The third kappa shape index (κ3) is 2.51. The molecule has 0 N–H and O–H groups in total. The normalized spacial score (nSPS) is 9.75. The van der Waals surface area contributed by atoms with Gasteiger partial charge < -0.3 is 0 Å². The van der Waals surface area contributed by atoms with Crippen LogP contribution in [0.4, 0.5) is 0 Å². The van der Waals surface area contributed by atoms with Gasteiger partial charge in [-0.1, -0.05) is 11.6 Å². The van der Waals surface area contributed by atoms with Gasteiger partial charge in [-0.25, -0.2) is 9.97 Å². The van der Waals surface area contributed by atoms with E-state index in [0.717, 1.165) is 5.03 Å². The largest absolute Gasteiger partial charge is 0.248 e. The molecule has 0 aliphatic carbocycles. The Bertz CT molecular complexity index is 534. The van der Waals surface area contributed by atoms with Crippen LogP contribution in [0.15, 0.2) is 46.7 Å². The molecule has 0 saturated heterocycles. The molecule has 0 aliphatic heterocycles. The minimum absolute atomic E-state index is 0.538. The molecule has 2 aromatic rings. The zero-order chi connectivity index (χ0) is 11.4. The summed E-state index contributed by atoms with van der Waals surface area (Å²) < 4.78 is 0. The number of nitrogens with zero attached hydrogens (tertiary/aromatic N) is 3. The van der Waals surface area contributed by atoms with Crippen molar-refractivity contribution in [3.63, 3.8) is 0 Å². The fourth-order valence-electron chi connectivity index (χ4n) is 1.05. The number of hydrogen-bond acceptors (Lipinski definition) is 4. The summed E-state index contributed by atoms with van der Waals surface area (Å²) in [6.07, 6.45) is 3.21. The molecule has 0 bridgehead atoms. The molecule has 0 aliphatic rings. The van der Waals surface area contributed by atoms with Crippen molar-refractivity contribution in [2.45, 2.75) is 10.1 Å². The zero-order valence-electron chi connectivity index (χ0n) is 8.09. The molecular formula is C11H6ClN3S. The van der Waals surface area contributed by atoms with Crippen molar-refractivity contribution in [3.05, 3.63) is 47.2 Å². The highest BCUT2D eigenvalue weighted by molar-refractivity contribution is 7.99. The molecular weight excluding hydrogens is 242 g/mol. The number of halogens is 1. The highest BCUT2D eigenvalue weighted by Gasteiger charge is 2.04. The average molecular weight is 248 g/mol. The number of aromatic nitrogens is 2. The molecule has 78 valence electrons. The molecule has 0 atom stereocenters. The topological polar surface area (TPSA) is 49.6 Å². The maximum atomic E-state index is 8.63. The SMILES string of the molecule is N#Cc1ccc(Sc2ncccc2Cl)nc1. The predicted octanol–water partition coefficient (Wildman–Crippen LogP) is 3.15. The lowest BCUT2D eigenvalue weighted by molar-refractivity contribution is 1.09. The first-order valence-electron chi connectivity index (χ1n) is 4.44. The van der Waals surface area contributed by atoms with Gasteiger partial charge in [0.25, 0.3) is 0 Å². The molecule has 16 heavy (non-hydrogen) atoms. The van der Waals surface area contributed by atoms with E-state index in [9.17, 15) is 0 Å². The van der Waals surface area contributed by atoms with E-state index in [2.05, 4.69) is 9.97 Å². The number of hydrogen-bond donors (Lipinski definition) is 0. The lowest BCUT2D eigenvalue weighted by Crippen LogP contribution is -1.84. The summed E-state index contributed by atoms with van der Waals surface area (Å²) in [5.41, 5.74) is 0.538. The predicted molar refractivity (Wildman–Crippen MR) is 62.3 cm³/mol. The first-order valence-corrected chi connectivity index (χ1v) is 5.63. The Morgan fingerprint density at radius 1 is 1.25 bits per heavy atom. The Morgan fingerprint density at radius 2 is 2.12 bits per heavy atom. The third-order valence-corrected chi connectivity index (χ3v) is 3.18. The molecule has 0 spiro atoms. The molecule has 3 nitrogen and oxygen atoms in total. The Hall–Kier alpha value is -1.57. The second-order valence-corrected chi connectivity index (χ2v) is 4.31. The van der Waals surface area contributed by atoms with Crippen LogP contribution < -0.4 is 0 Å². The quantitative estimate of drug-likeness (QED) is 0.818. The van der Waals surface area contributed by atoms with E-state index in [1.807, 2.05) is 6.07 Å². The first-order chi connectivity index (χ1) is 7.79. The lowest BCUT2D eigenvalue weighted by atomic mass is 10.3. The maximum absolute atomic E-state index is 8.63. The molecule has 0 unspecified atom stereocenters. The van der Waals surface area contributed by atoms with E-state index in [4.69, 9.17) is 16.9 Å². The van der Waals surface area contributed by atoms with Crippen LogP contribution in [0.5, 0.6) is 0 Å². The Labute approximate surface area is 102 Å². The summed E-state index contributed by atoms with van der Waals surface area (Å²) in [5.74, 6) is 0. The molecule has 2 rings (SSSR count). The second-order valence-electron chi connectivity index (χ2n) is 2.89. The fraction of sp³-hybridized carbons (Fsp3) is 0. The standard InChI is InChI=1S/C11H6ClN3S/c12-9-2-1-5-14-11(9)16-10-4-3-8(6-13)7-15-10/h1-5,7H. The van der Waals surface area contributed by atoms with Gasteiger partial charge in [-0.05, 0) is 36.0 Å². The van der Waals surface area contributed by atoms with Crippen LogP contribution in [-0.2, 0) is 0 Å². The van der Waals surface area contributed by atoms with Crippen molar-refractivity contribution in [2.24, 2.45) is 0 Å². The smallest absolute Gasteiger partial charge is 0.121 e. The van der Waals surface area contributed by atoms with Crippen LogP contribution in [-0.4, -0.2) is 9.97 Å². The first kappa shape index (κ1) is 10.9. The van der Waals surface area contributed by atoms with Crippen LogP contribution in [0, 0.1) is 11.3 Å². The van der Waals surface area contributed by atoms with Gasteiger partial charge in [-0.2, -0.15) is 5.26 Å². The molecule has 0 aromatic carbocycles. The van der Waals surface area contributed by atoms with Gasteiger partial charge in [0, 0.05) is 12.4 Å². The van der Waals surface area contributed by atoms with Gasteiger partial charge in [-0.3, -0.25) is 0 Å². The molecule has 2 heterocycles. The zero-order valence-corrected chi connectivity index (χ0v) is 9.66. The van der Waals surface area contributed by atoms with E-state index in [-0.39, 0.29) is 0 Å². The molecule has 0 amide bonds. The van der Waals surface area contributed by atoms with Crippen LogP contribution in [0.3, 0.4) is 0 Å². The molecule has 5 heteroatoms. The third-order valence-electron chi connectivity index (χ3n) is 1.79. The van der Waals surface area contributed by atoms with E-state index < -0.39 is 0 Å². The van der Waals surface area contributed by atoms with E-state index in [1.54, 1.807) is 30.5 Å². The van der Waals surface area contributed by atoms with Crippen molar-refractivity contribution in [2.75, 3.05) is 0 Å². The summed E-state index contributed by atoms with van der Waals surface area (Å²) in [6.45, 7) is 0. The molecule has 0 radical (unpaired) electrons. The Morgan fingerprint density at radius 3 is 2.75 bits per heavy atom. The monoisotopic (exact) mass is 247 g/mol. The Balaban J connectivity index is 2.22. The number of nitriles is 1. The van der Waals surface area contributed by atoms with Crippen LogP contribution >= 0.6 is 23.4 Å².